The molecular weight excluding hydrogens is 298 g/mol. The van der Waals surface area contributed by atoms with Crippen LogP contribution in [0.4, 0.5) is 5.69 Å². The fourth-order valence-electron chi connectivity index (χ4n) is 2.37. The second-order valence-electron chi connectivity index (χ2n) is 5.25. The average Bonchev–Trinajstić information content (AvgIpc) is 2.30. The van der Waals surface area contributed by atoms with E-state index in [0.717, 1.165) is 10.9 Å². The average molecular weight is 318 g/mol. The second kappa shape index (κ2) is 6.25. The van der Waals surface area contributed by atoms with Gasteiger partial charge in [-0.25, -0.2) is 0 Å². The minimum absolute atomic E-state index is 0.419. The van der Waals surface area contributed by atoms with Crippen molar-refractivity contribution in [1.29, 1.82) is 0 Å². The summed E-state index contributed by atoms with van der Waals surface area (Å²) >= 11 is 3.47. The van der Waals surface area contributed by atoms with Crippen molar-refractivity contribution in [3.05, 3.63) is 63.6 Å². The lowest BCUT2D eigenvalue weighted by atomic mass is 10.1. The van der Waals surface area contributed by atoms with Gasteiger partial charge in [-0.05, 0) is 68.1 Å². The number of rotatable bonds is 4. The number of nitrogens with one attached hydrogen (secondary N) is 1. The first-order chi connectivity index (χ1) is 9.02. The highest BCUT2D eigenvalue weighted by Gasteiger charge is 2.04. The van der Waals surface area contributed by atoms with Gasteiger partial charge in [-0.15, -0.1) is 0 Å². The zero-order chi connectivity index (χ0) is 13.8. The number of hydrogen-bond acceptors (Lipinski definition) is 1. The summed E-state index contributed by atoms with van der Waals surface area (Å²) in [6.07, 6.45) is 1.03. The molecule has 0 spiro atoms. The summed E-state index contributed by atoms with van der Waals surface area (Å²) in [4.78, 5) is 0. The first-order valence-corrected chi connectivity index (χ1v) is 7.41. The summed E-state index contributed by atoms with van der Waals surface area (Å²) in [6, 6.07) is 15.5. The molecule has 1 unspecified atom stereocenters. The van der Waals surface area contributed by atoms with Crippen LogP contribution in [0, 0.1) is 13.8 Å². The zero-order valence-corrected chi connectivity index (χ0v) is 13.3. The van der Waals surface area contributed by atoms with Crippen LogP contribution < -0.4 is 5.32 Å². The molecule has 0 saturated heterocycles. The molecule has 1 N–H and O–H groups in total. The molecule has 0 aliphatic heterocycles. The number of benzene rings is 2. The van der Waals surface area contributed by atoms with Crippen molar-refractivity contribution in [2.45, 2.75) is 33.2 Å². The molecule has 0 fully saturated rings. The third kappa shape index (κ3) is 4.39. The Morgan fingerprint density at radius 1 is 1.00 bits per heavy atom. The maximum Gasteiger partial charge on any atom is 0.0347 e. The van der Waals surface area contributed by atoms with Gasteiger partial charge in [0.05, 0.1) is 0 Å². The Hall–Kier alpha value is -1.28. The molecule has 0 aliphatic rings. The predicted octanol–water partition coefficient (Wildman–Crippen LogP) is 5.11. The van der Waals surface area contributed by atoms with Crippen molar-refractivity contribution in [2.24, 2.45) is 0 Å². The van der Waals surface area contributed by atoms with Crippen molar-refractivity contribution in [1.82, 2.24) is 0 Å². The van der Waals surface area contributed by atoms with Crippen molar-refractivity contribution >= 4 is 21.6 Å². The van der Waals surface area contributed by atoms with E-state index in [1.165, 1.54) is 22.4 Å². The Labute approximate surface area is 124 Å². The first kappa shape index (κ1) is 14.1. The quantitative estimate of drug-likeness (QED) is 0.826. The predicted molar refractivity (Wildman–Crippen MR) is 86.8 cm³/mol. The van der Waals surface area contributed by atoms with E-state index in [1.807, 2.05) is 0 Å². The molecule has 0 heterocycles. The Morgan fingerprint density at radius 2 is 1.58 bits per heavy atom. The Bertz CT molecular complexity index is 525. The molecular formula is C17H20BrN. The minimum atomic E-state index is 0.419. The van der Waals surface area contributed by atoms with Gasteiger partial charge >= 0.3 is 0 Å². The maximum atomic E-state index is 3.57. The molecule has 2 rings (SSSR count). The molecule has 2 aromatic rings. The standard InChI is InChI=1S/C17H20BrN/c1-12-8-13(2)10-17(9-12)19-14(3)11-15-4-6-16(18)7-5-15/h4-10,14,19H,11H2,1-3H3. The van der Waals surface area contributed by atoms with Gasteiger partial charge in [-0.2, -0.15) is 0 Å². The highest BCUT2D eigenvalue weighted by atomic mass is 79.9. The summed E-state index contributed by atoms with van der Waals surface area (Å²) in [5.74, 6) is 0. The monoisotopic (exact) mass is 317 g/mol. The van der Waals surface area contributed by atoms with Crippen LogP contribution in [0.2, 0.25) is 0 Å². The summed E-state index contributed by atoms with van der Waals surface area (Å²) in [6.45, 7) is 6.49. The van der Waals surface area contributed by atoms with E-state index in [2.05, 4.69) is 84.5 Å². The summed E-state index contributed by atoms with van der Waals surface area (Å²) in [7, 11) is 0. The van der Waals surface area contributed by atoms with Gasteiger partial charge in [0.25, 0.3) is 0 Å². The molecule has 0 radical (unpaired) electrons. The molecule has 0 amide bonds. The van der Waals surface area contributed by atoms with Gasteiger partial charge in [0.1, 0.15) is 0 Å². The number of aryl methyl sites for hydroxylation is 2. The molecule has 0 aliphatic carbocycles. The van der Waals surface area contributed by atoms with Gasteiger partial charge in [-0.3, -0.25) is 0 Å². The van der Waals surface area contributed by atoms with Gasteiger partial charge in [0, 0.05) is 16.2 Å². The lowest BCUT2D eigenvalue weighted by Gasteiger charge is -2.16. The number of halogens is 1. The molecule has 0 bridgehead atoms. The van der Waals surface area contributed by atoms with Gasteiger partial charge in [0.2, 0.25) is 0 Å². The van der Waals surface area contributed by atoms with Crippen LogP contribution in [0.3, 0.4) is 0 Å². The lowest BCUT2D eigenvalue weighted by Crippen LogP contribution is -2.18. The van der Waals surface area contributed by atoms with Gasteiger partial charge in [0.15, 0.2) is 0 Å². The molecule has 0 aromatic heterocycles. The van der Waals surface area contributed by atoms with Crippen LogP contribution in [0.25, 0.3) is 0 Å². The van der Waals surface area contributed by atoms with Gasteiger partial charge < -0.3 is 5.32 Å². The maximum absolute atomic E-state index is 3.57. The van der Waals surface area contributed by atoms with Crippen LogP contribution in [0.15, 0.2) is 46.9 Å². The highest BCUT2D eigenvalue weighted by molar-refractivity contribution is 9.10. The van der Waals surface area contributed by atoms with Crippen LogP contribution >= 0.6 is 15.9 Å². The van der Waals surface area contributed by atoms with Crippen LogP contribution in [0.5, 0.6) is 0 Å². The molecule has 1 nitrogen and oxygen atoms in total. The lowest BCUT2D eigenvalue weighted by molar-refractivity contribution is 0.790. The smallest absolute Gasteiger partial charge is 0.0347 e. The third-order valence-electron chi connectivity index (χ3n) is 3.09. The van der Waals surface area contributed by atoms with Crippen molar-refractivity contribution in [3.8, 4) is 0 Å². The van der Waals surface area contributed by atoms with E-state index in [-0.39, 0.29) is 0 Å². The Kier molecular flexibility index (Phi) is 4.65. The Balaban J connectivity index is 2.00. The van der Waals surface area contributed by atoms with E-state index in [0.29, 0.717) is 6.04 Å². The van der Waals surface area contributed by atoms with Gasteiger partial charge in [-0.1, -0.05) is 34.1 Å². The van der Waals surface area contributed by atoms with Crippen LogP contribution in [-0.2, 0) is 6.42 Å². The fraction of sp³-hybridized carbons (Fsp3) is 0.294. The van der Waals surface area contributed by atoms with Crippen LogP contribution in [0.1, 0.15) is 23.6 Å². The van der Waals surface area contributed by atoms with E-state index >= 15 is 0 Å². The summed E-state index contributed by atoms with van der Waals surface area (Å²) < 4.78 is 1.13. The van der Waals surface area contributed by atoms with E-state index in [1.54, 1.807) is 0 Å². The second-order valence-corrected chi connectivity index (χ2v) is 6.17. The number of anilines is 1. The fourth-order valence-corrected chi connectivity index (χ4v) is 2.63. The first-order valence-electron chi connectivity index (χ1n) is 6.62. The normalized spacial score (nSPS) is 12.2. The third-order valence-corrected chi connectivity index (χ3v) is 3.62. The van der Waals surface area contributed by atoms with Crippen molar-refractivity contribution < 1.29 is 0 Å². The van der Waals surface area contributed by atoms with E-state index < -0.39 is 0 Å². The zero-order valence-electron chi connectivity index (χ0n) is 11.7. The van der Waals surface area contributed by atoms with Crippen molar-refractivity contribution in [2.75, 3.05) is 5.32 Å². The largest absolute Gasteiger partial charge is 0.382 e. The number of hydrogen-bond donors (Lipinski definition) is 1. The van der Waals surface area contributed by atoms with E-state index in [4.69, 9.17) is 0 Å². The van der Waals surface area contributed by atoms with E-state index in [9.17, 15) is 0 Å². The molecule has 0 saturated carbocycles. The topological polar surface area (TPSA) is 12.0 Å². The van der Waals surface area contributed by atoms with Crippen LogP contribution in [-0.4, -0.2) is 6.04 Å². The molecule has 2 heteroatoms. The summed E-state index contributed by atoms with van der Waals surface area (Å²) in [5, 5.41) is 3.57. The van der Waals surface area contributed by atoms with Crippen molar-refractivity contribution in [3.63, 3.8) is 0 Å². The SMILES string of the molecule is Cc1cc(C)cc(NC(C)Cc2ccc(Br)cc2)c1. The molecule has 19 heavy (non-hydrogen) atoms. The molecule has 100 valence electrons. The molecule has 2 aromatic carbocycles. The summed E-state index contributed by atoms with van der Waals surface area (Å²) in [5.41, 5.74) is 5.17. The Morgan fingerprint density at radius 3 is 2.16 bits per heavy atom. The minimum Gasteiger partial charge on any atom is -0.382 e. The molecule has 1 atom stereocenters. The highest BCUT2D eigenvalue weighted by Crippen LogP contribution is 2.17.